The van der Waals surface area contributed by atoms with Crippen molar-refractivity contribution < 1.29 is 13.9 Å². The van der Waals surface area contributed by atoms with Crippen LogP contribution in [-0.4, -0.2) is 72.1 Å². The summed E-state index contributed by atoms with van der Waals surface area (Å²) in [5.41, 5.74) is 2.98. The Morgan fingerprint density at radius 2 is 1.74 bits per heavy atom. The lowest BCUT2D eigenvalue weighted by molar-refractivity contribution is 0.102. The minimum absolute atomic E-state index is 0.0745. The molecule has 4 aromatic rings. The number of hydrogen-bond acceptors (Lipinski definition) is 7. The van der Waals surface area contributed by atoms with Gasteiger partial charge in [-0.3, -0.25) is 9.69 Å². The summed E-state index contributed by atoms with van der Waals surface area (Å²) in [5, 5.41) is 5.81. The highest BCUT2D eigenvalue weighted by Gasteiger charge is 2.14. The van der Waals surface area contributed by atoms with Gasteiger partial charge in [-0.05, 0) is 49.5 Å². The Morgan fingerprint density at radius 3 is 2.51 bits per heavy atom. The predicted octanol–water partition coefficient (Wildman–Crippen LogP) is 4.90. The number of carbonyl (C=O) groups excluding carboxylic acids is 1. The van der Waals surface area contributed by atoms with Gasteiger partial charge in [0.2, 0.25) is 5.95 Å². The molecule has 1 fully saturated rings. The molecule has 1 aromatic heterocycles. The molecule has 1 amide bonds. The van der Waals surface area contributed by atoms with Crippen molar-refractivity contribution in [1.82, 2.24) is 19.8 Å². The van der Waals surface area contributed by atoms with Crippen LogP contribution in [0.25, 0.3) is 11.3 Å². The normalized spacial score (nSPS) is 14.1. The van der Waals surface area contributed by atoms with Crippen molar-refractivity contribution in [3.8, 4) is 17.0 Å². The molecule has 0 radical (unpaired) electrons. The molecule has 0 bridgehead atoms. The van der Waals surface area contributed by atoms with Crippen molar-refractivity contribution in [3.05, 3.63) is 96.4 Å². The third-order valence-corrected chi connectivity index (χ3v) is 6.59. The van der Waals surface area contributed by atoms with Crippen LogP contribution in [-0.2, 0) is 0 Å². The zero-order valence-corrected chi connectivity index (χ0v) is 21.8. The van der Waals surface area contributed by atoms with Gasteiger partial charge in [0, 0.05) is 61.8 Å². The van der Waals surface area contributed by atoms with Gasteiger partial charge in [0.15, 0.2) is 0 Å². The summed E-state index contributed by atoms with van der Waals surface area (Å²) in [5.74, 6) is 0.0130. The highest BCUT2D eigenvalue weighted by atomic mass is 19.1. The molecule has 39 heavy (non-hydrogen) atoms. The van der Waals surface area contributed by atoms with Gasteiger partial charge in [0.25, 0.3) is 5.91 Å². The van der Waals surface area contributed by atoms with Crippen molar-refractivity contribution in [3.63, 3.8) is 0 Å². The molecule has 2 N–H and O–H groups in total. The third kappa shape index (κ3) is 7.16. The average molecular weight is 527 g/mol. The van der Waals surface area contributed by atoms with Crippen molar-refractivity contribution in [2.45, 2.75) is 0 Å². The summed E-state index contributed by atoms with van der Waals surface area (Å²) in [6.45, 7) is 5.39. The minimum Gasteiger partial charge on any atom is -0.492 e. The molecule has 0 atom stereocenters. The molecular weight excluding hydrogens is 495 g/mol. The number of rotatable bonds is 9. The zero-order chi connectivity index (χ0) is 27.0. The number of nitrogens with zero attached hydrogens (tertiary/aromatic N) is 4. The summed E-state index contributed by atoms with van der Waals surface area (Å²) in [6, 6.07) is 22.9. The fraction of sp³-hybridized carbons (Fsp3) is 0.233. The summed E-state index contributed by atoms with van der Waals surface area (Å²) in [4.78, 5) is 26.3. The molecule has 3 aromatic carbocycles. The maximum Gasteiger partial charge on any atom is 0.255 e. The van der Waals surface area contributed by atoms with Gasteiger partial charge in [-0.1, -0.05) is 30.3 Å². The van der Waals surface area contributed by atoms with Gasteiger partial charge in [-0.25, -0.2) is 14.4 Å². The van der Waals surface area contributed by atoms with E-state index >= 15 is 0 Å². The Kier molecular flexibility index (Phi) is 8.40. The van der Waals surface area contributed by atoms with E-state index in [1.54, 1.807) is 36.5 Å². The molecule has 1 aliphatic heterocycles. The largest absolute Gasteiger partial charge is 0.492 e. The van der Waals surface area contributed by atoms with Crippen LogP contribution in [0.4, 0.5) is 21.7 Å². The van der Waals surface area contributed by atoms with E-state index in [9.17, 15) is 9.18 Å². The Morgan fingerprint density at radius 1 is 0.974 bits per heavy atom. The van der Waals surface area contributed by atoms with Crippen LogP contribution >= 0.6 is 0 Å². The first-order valence-electron chi connectivity index (χ1n) is 12.9. The number of aromatic nitrogens is 2. The first kappa shape index (κ1) is 26.3. The number of hydrogen-bond donors (Lipinski definition) is 2. The Labute approximate surface area is 227 Å². The molecule has 5 rings (SSSR count). The van der Waals surface area contributed by atoms with Crippen molar-refractivity contribution in [1.29, 1.82) is 0 Å². The molecule has 1 aliphatic rings. The number of benzene rings is 3. The number of anilines is 3. The number of likely N-dealkylation sites (N-methyl/N-ethyl adjacent to an activating group) is 1. The summed E-state index contributed by atoms with van der Waals surface area (Å²) < 4.78 is 20.3. The standard InChI is InChI=1S/C30H31FN6O2/c1-36-15-17-37(18-16-36)19-20-39-25-11-12-26(31)28(21-25)34-29(38)23-7-9-24(10-8-23)33-30-32-14-13-27(35-30)22-5-3-2-4-6-22/h2-14,21H,15-20H2,1H3,(H,34,38)(H,32,33,35). The van der Waals surface area contributed by atoms with E-state index in [1.165, 1.54) is 12.1 Å². The van der Waals surface area contributed by atoms with E-state index in [0.29, 0.717) is 23.9 Å². The molecule has 1 saturated heterocycles. The highest BCUT2D eigenvalue weighted by Crippen LogP contribution is 2.23. The number of amides is 1. The van der Waals surface area contributed by atoms with E-state index in [1.807, 2.05) is 36.4 Å². The molecular formula is C30H31FN6O2. The minimum atomic E-state index is -0.525. The topological polar surface area (TPSA) is 82.6 Å². The zero-order valence-electron chi connectivity index (χ0n) is 21.8. The lowest BCUT2D eigenvalue weighted by atomic mass is 10.1. The SMILES string of the molecule is CN1CCN(CCOc2ccc(F)c(NC(=O)c3ccc(Nc4nccc(-c5ccccc5)n4)cc3)c2)CC1. The second-order valence-electron chi connectivity index (χ2n) is 9.42. The predicted molar refractivity (Wildman–Crippen MR) is 151 cm³/mol. The van der Waals surface area contributed by atoms with Crippen LogP contribution in [0.3, 0.4) is 0 Å². The molecule has 0 spiro atoms. The summed E-state index contributed by atoms with van der Waals surface area (Å²) in [7, 11) is 2.12. The maximum absolute atomic E-state index is 14.4. The molecule has 0 unspecified atom stereocenters. The van der Waals surface area contributed by atoms with Crippen LogP contribution in [0.15, 0.2) is 85.1 Å². The summed E-state index contributed by atoms with van der Waals surface area (Å²) >= 11 is 0. The first-order chi connectivity index (χ1) is 19.0. The van der Waals surface area contributed by atoms with Crippen LogP contribution in [0, 0.1) is 5.82 Å². The average Bonchev–Trinajstić information content (AvgIpc) is 2.97. The monoisotopic (exact) mass is 526 g/mol. The number of halogens is 1. The van der Waals surface area contributed by atoms with E-state index in [4.69, 9.17) is 4.74 Å². The van der Waals surface area contributed by atoms with Crippen LogP contribution in [0.5, 0.6) is 5.75 Å². The summed E-state index contributed by atoms with van der Waals surface area (Å²) in [6.07, 6.45) is 1.69. The van der Waals surface area contributed by atoms with Gasteiger partial charge in [0.05, 0.1) is 11.4 Å². The van der Waals surface area contributed by atoms with Gasteiger partial charge in [0.1, 0.15) is 18.2 Å². The second-order valence-corrected chi connectivity index (χ2v) is 9.42. The van der Waals surface area contributed by atoms with Crippen molar-refractivity contribution >= 4 is 23.2 Å². The molecule has 8 nitrogen and oxygen atoms in total. The van der Waals surface area contributed by atoms with Gasteiger partial charge >= 0.3 is 0 Å². The quantitative estimate of drug-likeness (QED) is 0.321. The fourth-order valence-corrected chi connectivity index (χ4v) is 4.27. The van der Waals surface area contributed by atoms with Gasteiger partial charge in [-0.15, -0.1) is 0 Å². The third-order valence-electron chi connectivity index (χ3n) is 6.59. The maximum atomic E-state index is 14.4. The van der Waals surface area contributed by atoms with Crippen molar-refractivity contribution in [2.24, 2.45) is 0 Å². The first-order valence-corrected chi connectivity index (χ1v) is 12.9. The van der Waals surface area contributed by atoms with E-state index in [0.717, 1.165) is 49.7 Å². The van der Waals surface area contributed by atoms with E-state index in [2.05, 4.69) is 37.4 Å². The smallest absolute Gasteiger partial charge is 0.255 e. The van der Waals surface area contributed by atoms with Crippen LogP contribution < -0.4 is 15.4 Å². The fourth-order valence-electron chi connectivity index (χ4n) is 4.27. The number of piperazine rings is 1. The molecule has 0 aliphatic carbocycles. The van der Waals surface area contributed by atoms with Crippen molar-refractivity contribution in [2.75, 3.05) is 57.0 Å². The lowest BCUT2D eigenvalue weighted by Gasteiger charge is -2.32. The Hall–Kier alpha value is -4.34. The molecule has 9 heteroatoms. The highest BCUT2D eigenvalue weighted by molar-refractivity contribution is 6.04. The molecule has 0 saturated carbocycles. The van der Waals surface area contributed by atoms with Gasteiger partial charge < -0.3 is 20.3 Å². The van der Waals surface area contributed by atoms with Crippen LogP contribution in [0.2, 0.25) is 0 Å². The number of nitrogens with one attached hydrogen (secondary N) is 2. The second kappa shape index (κ2) is 12.5. The lowest BCUT2D eigenvalue weighted by Crippen LogP contribution is -2.45. The molecule has 2 heterocycles. The van der Waals surface area contributed by atoms with Gasteiger partial charge in [-0.2, -0.15) is 0 Å². The number of ether oxygens (including phenoxy) is 1. The molecule has 200 valence electrons. The Balaban J connectivity index is 1.17. The Bertz CT molecular complexity index is 1390. The van der Waals surface area contributed by atoms with E-state index in [-0.39, 0.29) is 5.69 Å². The number of carbonyl (C=O) groups is 1. The van der Waals surface area contributed by atoms with E-state index < -0.39 is 11.7 Å². The van der Waals surface area contributed by atoms with Crippen LogP contribution in [0.1, 0.15) is 10.4 Å².